The summed E-state index contributed by atoms with van der Waals surface area (Å²) in [5.41, 5.74) is 8.57. The lowest BCUT2D eigenvalue weighted by molar-refractivity contribution is 0.670. The molecule has 0 amide bonds. The van der Waals surface area contributed by atoms with E-state index in [4.69, 9.17) is 14.4 Å². The topological polar surface area (TPSA) is 38.9 Å². The summed E-state index contributed by atoms with van der Waals surface area (Å²) in [5, 5.41) is 17.2. The number of hydrogen-bond acceptors (Lipinski definition) is 3. The third-order valence-electron chi connectivity index (χ3n) is 12.4. The average Bonchev–Trinajstić information content (AvgIpc) is 3.69. The Morgan fingerprint density at radius 3 is 1.56 bits per heavy atom. The molecule has 0 N–H and O–H groups in total. The predicted molar refractivity (Wildman–Crippen MR) is 247 cm³/mol. The van der Waals surface area contributed by atoms with E-state index in [1.807, 2.05) is 18.2 Å². The monoisotopic (exact) mass is 748 g/mol. The van der Waals surface area contributed by atoms with Crippen molar-refractivity contribution >= 4 is 86.6 Å². The molecule has 0 bridgehead atoms. The minimum atomic E-state index is 0.680. The number of aromatic nitrogens is 2. The molecule has 2 heterocycles. The fraction of sp³-hybridized carbons (Fsp3) is 0. The largest absolute Gasteiger partial charge is 0.455 e. The van der Waals surface area contributed by atoms with Crippen LogP contribution < -0.4 is 0 Å². The molecule has 272 valence electrons. The highest BCUT2D eigenvalue weighted by Gasteiger charge is 2.20. The van der Waals surface area contributed by atoms with Gasteiger partial charge in [-0.2, -0.15) is 0 Å². The molecular weight excluding hydrogens is 717 g/mol. The maximum atomic E-state index is 6.57. The van der Waals surface area contributed by atoms with Crippen LogP contribution in [0.5, 0.6) is 0 Å². The van der Waals surface area contributed by atoms with Crippen LogP contribution >= 0.6 is 0 Å². The molecule has 0 aliphatic carbocycles. The summed E-state index contributed by atoms with van der Waals surface area (Å²) in [6.45, 7) is 0. The van der Waals surface area contributed by atoms with Gasteiger partial charge in [0.1, 0.15) is 11.2 Å². The predicted octanol–water partition coefficient (Wildman–Crippen LogP) is 15.4. The molecule has 0 atom stereocenters. The summed E-state index contributed by atoms with van der Waals surface area (Å²) in [7, 11) is 0. The Labute approximate surface area is 338 Å². The number of fused-ring (bicyclic) bond motifs is 5. The molecule has 13 rings (SSSR count). The first-order chi connectivity index (χ1) is 29.2. The summed E-state index contributed by atoms with van der Waals surface area (Å²) >= 11 is 0. The molecule has 0 spiro atoms. The number of rotatable bonds is 4. The smallest absolute Gasteiger partial charge is 0.160 e. The fourth-order valence-electron chi connectivity index (χ4n) is 9.78. The summed E-state index contributed by atoms with van der Waals surface area (Å²) in [6.07, 6.45) is 0. The van der Waals surface area contributed by atoms with Gasteiger partial charge in [0, 0.05) is 33.0 Å². The lowest BCUT2D eigenvalue weighted by atomic mass is 9.87. The Morgan fingerprint density at radius 2 is 0.831 bits per heavy atom. The molecule has 0 aliphatic rings. The first-order valence-electron chi connectivity index (χ1n) is 20.1. The third kappa shape index (κ3) is 4.76. The van der Waals surface area contributed by atoms with Gasteiger partial charge in [-0.05, 0) is 94.5 Å². The Kier molecular flexibility index (Phi) is 6.72. The maximum absolute atomic E-state index is 6.57. The fourth-order valence-corrected chi connectivity index (χ4v) is 9.78. The van der Waals surface area contributed by atoms with Crippen molar-refractivity contribution in [1.29, 1.82) is 0 Å². The van der Waals surface area contributed by atoms with E-state index in [2.05, 4.69) is 176 Å². The van der Waals surface area contributed by atoms with Crippen LogP contribution in [0, 0.1) is 0 Å². The van der Waals surface area contributed by atoms with Crippen molar-refractivity contribution < 1.29 is 4.42 Å². The van der Waals surface area contributed by atoms with Crippen LogP contribution in [0.4, 0.5) is 0 Å². The van der Waals surface area contributed by atoms with Crippen LogP contribution in [-0.4, -0.2) is 9.97 Å². The van der Waals surface area contributed by atoms with Gasteiger partial charge in [-0.25, -0.2) is 9.97 Å². The van der Waals surface area contributed by atoms with Gasteiger partial charge in [-0.1, -0.05) is 170 Å². The highest BCUT2D eigenvalue weighted by Crippen LogP contribution is 2.45. The van der Waals surface area contributed by atoms with Crippen molar-refractivity contribution in [3.8, 4) is 45.0 Å². The quantitative estimate of drug-likeness (QED) is 0.168. The molecular formula is C56H32N2O. The first-order valence-corrected chi connectivity index (χ1v) is 20.1. The number of para-hydroxylation sites is 2. The van der Waals surface area contributed by atoms with Gasteiger partial charge in [-0.3, -0.25) is 0 Å². The average molecular weight is 749 g/mol. The Hall–Kier alpha value is -7.88. The van der Waals surface area contributed by atoms with Gasteiger partial charge < -0.3 is 4.42 Å². The van der Waals surface area contributed by atoms with E-state index in [-0.39, 0.29) is 0 Å². The maximum Gasteiger partial charge on any atom is 0.160 e. The zero-order valence-corrected chi connectivity index (χ0v) is 31.8. The van der Waals surface area contributed by atoms with Gasteiger partial charge in [0.25, 0.3) is 0 Å². The number of benzene rings is 10. The Morgan fingerprint density at radius 1 is 0.305 bits per heavy atom. The second-order valence-corrected chi connectivity index (χ2v) is 15.6. The molecule has 3 heteroatoms. The molecule has 11 aromatic carbocycles. The van der Waals surface area contributed by atoms with Crippen LogP contribution in [0.3, 0.4) is 0 Å². The minimum absolute atomic E-state index is 0.680. The van der Waals surface area contributed by atoms with Gasteiger partial charge in [0.2, 0.25) is 0 Å². The molecule has 0 fully saturated rings. The SMILES string of the molecule is c1ccc(-c2nc(-c3cc4ccc5cccc6c7cccc8ccc9cccc(c(c3)c4c56)c9c87)cc(-c3ccccc3-c3cccc4c3oc3ccccc34)n2)cc1. The van der Waals surface area contributed by atoms with E-state index >= 15 is 0 Å². The molecule has 0 saturated carbocycles. The highest BCUT2D eigenvalue weighted by molar-refractivity contribution is 6.37. The molecule has 0 radical (unpaired) electrons. The molecule has 3 nitrogen and oxygen atoms in total. The van der Waals surface area contributed by atoms with Gasteiger partial charge in [-0.15, -0.1) is 0 Å². The molecule has 59 heavy (non-hydrogen) atoms. The highest BCUT2D eigenvalue weighted by atomic mass is 16.3. The first kappa shape index (κ1) is 32.2. The van der Waals surface area contributed by atoms with E-state index in [1.54, 1.807) is 0 Å². The second kappa shape index (κ2) is 12.3. The van der Waals surface area contributed by atoms with E-state index in [1.165, 1.54) is 64.6 Å². The normalized spacial score (nSPS) is 12.1. The van der Waals surface area contributed by atoms with E-state index in [0.717, 1.165) is 61.1 Å². The number of nitrogens with zero attached hydrogens (tertiary/aromatic N) is 2. The van der Waals surface area contributed by atoms with E-state index in [9.17, 15) is 0 Å². The van der Waals surface area contributed by atoms with Crippen LogP contribution in [0.25, 0.3) is 132 Å². The summed E-state index contributed by atoms with van der Waals surface area (Å²) < 4.78 is 6.57. The molecule has 2 aromatic heterocycles. The van der Waals surface area contributed by atoms with Crippen LogP contribution in [0.2, 0.25) is 0 Å². The third-order valence-corrected chi connectivity index (χ3v) is 12.4. The van der Waals surface area contributed by atoms with Crippen molar-refractivity contribution in [3.05, 3.63) is 194 Å². The van der Waals surface area contributed by atoms with Gasteiger partial charge in [0.15, 0.2) is 5.82 Å². The van der Waals surface area contributed by atoms with Gasteiger partial charge >= 0.3 is 0 Å². The second-order valence-electron chi connectivity index (χ2n) is 15.6. The Bertz CT molecular complexity index is 3840. The van der Waals surface area contributed by atoms with E-state index < -0.39 is 0 Å². The zero-order chi connectivity index (χ0) is 38.6. The van der Waals surface area contributed by atoms with Crippen molar-refractivity contribution in [1.82, 2.24) is 9.97 Å². The van der Waals surface area contributed by atoms with Crippen LogP contribution in [0.15, 0.2) is 199 Å². The lowest BCUT2D eigenvalue weighted by Crippen LogP contribution is -1.97. The number of hydrogen-bond donors (Lipinski definition) is 0. The lowest BCUT2D eigenvalue weighted by Gasteiger charge is -2.17. The van der Waals surface area contributed by atoms with Crippen molar-refractivity contribution in [2.45, 2.75) is 0 Å². The Balaban J connectivity index is 1.13. The molecule has 0 saturated heterocycles. The van der Waals surface area contributed by atoms with Gasteiger partial charge in [0.05, 0.1) is 11.4 Å². The molecule has 0 unspecified atom stereocenters. The zero-order valence-electron chi connectivity index (χ0n) is 31.8. The van der Waals surface area contributed by atoms with Crippen molar-refractivity contribution in [2.24, 2.45) is 0 Å². The van der Waals surface area contributed by atoms with Crippen LogP contribution in [0.1, 0.15) is 0 Å². The minimum Gasteiger partial charge on any atom is -0.455 e. The standard InChI is InChI=1S/C56H32N2O/c1-2-12-36(13-3-1)56-57-48(32-49(58-56)40-18-5-4-17-39(40)45-23-11-24-46-41-19-6-7-25-50(41)59-55(45)46)38-30-37-29-28-35-15-9-21-43-42-20-8-14-33-26-27-34-16-10-22-44(53(34)51(33)42)47(31-38)54(37)52(35)43/h1-32H. The van der Waals surface area contributed by atoms with Crippen molar-refractivity contribution in [3.63, 3.8) is 0 Å². The summed E-state index contributed by atoms with van der Waals surface area (Å²) in [4.78, 5) is 10.7. The number of furan rings is 1. The van der Waals surface area contributed by atoms with Crippen LogP contribution in [-0.2, 0) is 0 Å². The van der Waals surface area contributed by atoms with E-state index in [0.29, 0.717) is 5.82 Å². The molecule has 0 aliphatic heterocycles. The van der Waals surface area contributed by atoms with Crippen molar-refractivity contribution in [2.75, 3.05) is 0 Å². The summed E-state index contributed by atoms with van der Waals surface area (Å²) in [5.74, 6) is 0.680. The molecule has 13 aromatic rings. The summed E-state index contributed by atoms with van der Waals surface area (Å²) in [6, 6.07) is 69.7.